The van der Waals surface area contributed by atoms with Gasteiger partial charge in [-0.15, -0.1) is 0 Å². The molecule has 0 atom stereocenters. The highest BCUT2D eigenvalue weighted by atomic mass is 16.3. The van der Waals surface area contributed by atoms with Crippen LogP contribution in [0.2, 0.25) is 0 Å². The van der Waals surface area contributed by atoms with Gasteiger partial charge in [0.05, 0.1) is 22.1 Å². The third-order valence-corrected chi connectivity index (χ3v) is 9.31. The fourth-order valence-corrected chi connectivity index (χ4v) is 7.03. The van der Waals surface area contributed by atoms with Gasteiger partial charge in [0.2, 0.25) is 0 Å². The summed E-state index contributed by atoms with van der Waals surface area (Å²) in [6.07, 6.45) is 1.82. The van der Waals surface area contributed by atoms with Crippen molar-refractivity contribution in [2.45, 2.75) is 0 Å². The Labute approximate surface area is 287 Å². The number of fused-ring (bicyclic) bond motifs is 7. The van der Waals surface area contributed by atoms with Crippen LogP contribution in [0.15, 0.2) is 168 Å². The van der Waals surface area contributed by atoms with E-state index in [-0.39, 0.29) is 0 Å². The van der Waals surface area contributed by atoms with Gasteiger partial charge in [0, 0.05) is 50.3 Å². The standard InChI is InChI=1S/C44H27N5O/c1-4-14-28(15-5-1)42-46-43(29-16-6-2-7-17-29)48-44(47-42)35-27-39-34(26-33(35)36-21-12-13-25-45-36)31-23-24-38-40(41(31)50-39)32-20-10-11-22-37(32)49(38)30-18-8-3-9-19-30/h1-27H. The minimum atomic E-state index is 0.548. The van der Waals surface area contributed by atoms with Crippen molar-refractivity contribution in [3.05, 3.63) is 164 Å². The van der Waals surface area contributed by atoms with E-state index in [4.69, 9.17) is 24.4 Å². The van der Waals surface area contributed by atoms with Crippen LogP contribution in [0.25, 0.3) is 94.9 Å². The van der Waals surface area contributed by atoms with Gasteiger partial charge >= 0.3 is 0 Å². The Hall–Kier alpha value is -6.92. The number of hydrogen-bond acceptors (Lipinski definition) is 5. The van der Waals surface area contributed by atoms with Crippen LogP contribution < -0.4 is 0 Å². The number of rotatable bonds is 5. The van der Waals surface area contributed by atoms with Gasteiger partial charge in [0.1, 0.15) is 11.2 Å². The van der Waals surface area contributed by atoms with Crippen LogP contribution in [0.5, 0.6) is 0 Å². The number of nitrogens with zero attached hydrogens (tertiary/aromatic N) is 5. The molecule has 50 heavy (non-hydrogen) atoms. The number of para-hydroxylation sites is 2. The van der Waals surface area contributed by atoms with Crippen molar-refractivity contribution < 1.29 is 4.42 Å². The molecule has 6 aromatic carbocycles. The highest BCUT2D eigenvalue weighted by Gasteiger charge is 2.22. The number of benzene rings is 6. The molecule has 10 rings (SSSR count). The molecule has 0 saturated carbocycles. The van der Waals surface area contributed by atoms with Gasteiger partial charge in [0.15, 0.2) is 17.5 Å². The Balaban J connectivity index is 1.28. The molecule has 10 aromatic rings. The topological polar surface area (TPSA) is 69.6 Å². The van der Waals surface area contributed by atoms with E-state index in [0.717, 1.165) is 77.4 Å². The zero-order chi connectivity index (χ0) is 33.0. The number of furan rings is 1. The first kappa shape index (κ1) is 28.1. The van der Waals surface area contributed by atoms with E-state index < -0.39 is 0 Å². The van der Waals surface area contributed by atoms with Crippen molar-refractivity contribution in [2.24, 2.45) is 0 Å². The molecule has 4 aromatic heterocycles. The fraction of sp³-hybridized carbons (Fsp3) is 0. The largest absolute Gasteiger partial charge is 0.455 e. The summed E-state index contributed by atoms with van der Waals surface area (Å²) in [4.78, 5) is 19.9. The zero-order valence-corrected chi connectivity index (χ0v) is 26.7. The lowest BCUT2D eigenvalue weighted by Gasteiger charge is -2.12. The van der Waals surface area contributed by atoms with Crippen LogP contribution in [0, 0.1) is 0 Å². The highest BCUT2D eigenvalue weighted by Crippen LogP contribution is 2.43. The number of hydrogen-bond donors (Lipinski definition) is 0. The SMILES string of the molecule is c1ccc(-c2nc(-c3ccccc3)nc(-c3cc4oc5c(ccc6c5c5ccccc5n6-c5ccccc5)c4cc3-c3ccccn3)n2)cc1. The summed E-state index contributed by atoms with van der Waals surface area (Å²) in [5.74, 6) is 1.75. The maximum absolute atomic E-state index is 6.90. The molecule has 0 saturated heterocycles. The molecular weight excluding hydrogens is 615 g/mol. The molecule has 0 aliphatic heterocycles. The Morgan fingerprint density at radius 3 is 1.80 bits per heavy atom. The third kappa shape index (κ3) is 4.50. The second kappa shape index (κ2) is 11.4. The summed E-state index contributed by atoms with van der Waals surface area (Å²) in [5.41, 5.74) is 9.29. The van der Waals surface area contributed by atoms with Crippen molar-refractivity contribution in [3.8, 4) is 51.1 Å². The lowest BCUT2D eigenvalue weighted by atomic mass is 9.99. The molecule has 0 N–H and O–H groups in total. The van der Waals surface area contributed by atoms with E-state index in [2.05, 4.69) is 77.4 Å². The summed E-state index contributed by atoms with van der Waals surface area (Å²) in [7, 11) is 0. The fourth-order valence-electron chi connectivity index (χ4n) is 7.03. The molecule has 0 aliphatic carbocycles. The van der Waals surface area contributed by atoms with Gasteiger partial charge in [-0.05, 0) is 54.6 Å². The zero-order valence-electron chi connectivity index (χ0n) is 26.7. The van der Waals surface area contributed by atoms with E-state index in [1.807, 2.05) is 91.1 Å². The summed E-state index contributed by atoms with van der Waals surface area (Å²) < 4.78 is 9.21. The molecule has 0 aliphatic rings. The quantitative estimate of drug-likeness (QED) is 0.187. The second-order valence-electron chi connectivity index (χ2n) is 12.3. The Morgan fingerprint density at radius 1 is 0.460 bits per heavy atom. The first-order valence-corrected chi connectivity index (χ1v) is 16.6. The summed E-state index contributed by atoms with van der Waals surface area (Å²) >= 11 is 0. The molecule has 4 heterocycles. The van der Waals surface area contributed by atoms with Gasteiger partial charge in [-0.3, -0.25) is 4.98 Å². The average molecular weight is 642 g/mol. The van der Waals surface area contributed by atoms with Gasteiger partial charge in [-0.25, -0.2) is 15.0 Å². The molecule has 0 radical (unpaired) electrons. The first-order chi connectivity index (χ1) is 24.8. The van der Waals surface area contributed by atoms with Crippen molar-refractivity contribution >= 4 is 43.7 Å². The minimum Gasteiger partial charge on any atom is -0.455 e. The van der Waals surface area contributed by atoms with Crippen LogP contribution in [-0.4, -0.2) is 24.5 Å². The van der Waals surface area contributed by atoms with Crippen molar-refractivity contribution in [2.75, 3.05) is 0 Å². The molecule has 6 nitrogen and oxygen atoms in total. The van der Waals surface area contributed by atoms with Crippen LogP contribution in [-0.2, 0) is 0 Å². The van der Waals surface area contributed by atoms with Crippen LogP contribution in [0.3, 0.4) is 0 Å². The van der Waals surface area contributed by atoms with Crippen molar-refractivity contribution in [1.29, 1.82) is 0 Å². The predicted molar refractivity (Wildman–Crippen MR) is 201 cm³/mol. The smallest absolute Gasteiger partial charge is 0.164 e. The van der Waals surface area contributed by atoms with Crippen molar-refractivity contribution in [1.82, 2.24) is 24.5 Å². The molecule has 0 amide bonds. The van der Waals surface area contributed by atoms with Gasteiger partial charge < -0.3 is 8.98 Å². The Morgan fingerprint density at radius 2 is 1.10 bits per heavy atom. The monoisotopic (exact) mass is 641 g/mol. The van der Waals surface area contributed by atoms with Gasteiger partial charge in [-0.2, -0.15) is 0 Å². The highest BCUT2D eigenvalue weighted by molar-refractivity contribution is 6.24. The molecule has 0 spiro atoms. The minimum absolute atomic E-state index is 0.548. The van der Waals surface area contributed by atoms with E-state index >= 15 is 0 Å². The number of aromatic nitrogens is 5. The van der Waals surface area contributed by atoms with Crippen molar-refractivity contribution in [3.63, 3.8) is 0 Å². The van der Waals surface area contributed by atoms with Crippen LogP contribution in [0.4, 0.5) is 0 Å². The molecule has 0 fully saturated rings. The average Bonchev–Trinajstić information content (AvgIpc) is 3.74. The first-order valence-electron chi connectivity index (χ1n) is 16.6. The van der Waals surface area contributed by atoms with Crippen LogP contribution in [0.1, 0.15) is 0 Å². The molecular formula is C44H27N5O. The molecule has 6 heteroatoms. The molecule has 234 valence electrons. The lowest BCUT2D eigenvalue weighted by molar-refractivity contribution is 0.673. The third-order valence-electron chi connectivity index (χ3n) is 9.31. The van der Waals surface area contributed by atoms with E-state index in [0.29, 0.717) is 17.5 Å². The Kier molecular flexibility index (Phi) is 6.39. The number of pyridine rings is 1. The van der Waals surface area contributed by atoms with Gasteiger partial charge in [0.25, 0.3) is 0 Å². The summed E-state index contributed by atoms with van der Waals surface area (Å²) in [5, 5.41) is 4.26. The molecule has 0 unspecified atom stereocenters. The van der Waals surface area contributed by atoms with Gasteiger partial charge in [-0.1, -0.05) is 103 Å². The summed E-state index contributed by atoms with van der Waals surface area (Å²) in [6, 6.07) is 53.6. The van der Waals surface area contributed by atoms with E-state index in [1.165, 1.54) is 0 Å². The van der Waals surface area contributed by atoms with E-state index in [9.17, 15) is 0 Å². The summed E-state index contributed by atoms with van der Waals surface area (Å²) in [6.45, 7) is 0. The molecule has 0 bridgehead atoms. The Bertz CT molecular complexity index is 2790. The van der Waals surface area contributed by atoms with E-state index in [1.54, 1.807) is 0 Å². The normalized spacial score (nSPS) is 11.6. The van der Waals surface area contributed by atoms with Crippen LogP contribution >= 0.6 is 0 Å². The lowest BCUT2D eigenvalue weighted by Crippen LogP contribution is -2.01. The maximum atomic E-state index is 6.90. The second-order valence-corrected chi connectivity index (χ2v) is 12.3. The predicted octanol–water partition coefficient (Wildman–Crippen LogP) is 10.9. The maximum Gasteiger partial charge on any atom is 0.164 e.